The van der Waals surface area contributed by atoms with Crippen molar-refractivity contribution in [1.29, 1.82) is 0 Å². The number of rotatable bonds is 6. The number of amides is 2. The van der Waals surface area contributed by atoms with Crippen LogP contribution in [0.25, 0.3) is 0 Å². The maximum atomic E-state index is 12.4. The molecule has 1 atom stereocenters. The number of aromatic nitrogens is 2. The molecule has 2 heterocycles. The number of hydrogen-bond donors (Lipinski definition) is 0. The zero-order valence-corrected chi connectivity index (χ0v) is 13.4. The molecule has 0 aliphatic carbocycles. The van der Waals surface area contributed by atoms with Crippen molar-refractivity contribution in [2.75, 3.05) is 6.54 Å². The summed E-state index contributed by atoms with van der Waals surface area (Å²) in [6.07, 6.45) is 5.87. The Labute approximate surface area is 126 Å². The van der Waals surface area contributed by atoms with Crippen molar-refractivity contribution in [1.82, 2.24) is 14.5 Å². The molecule has 116 valence electrons. The number of hydrogen-bond acceptors (Lipinski definition) is 3. The average Bonchev–Trinajstić information content (AvgIpc) is 2.91. The molecule has 1 aliphatic heterocycles. The molecule has 1 saturated heterocycles. The summed E-state index contributed by atoms with van der Waals surface area (Å²) >= 11 is 0. The Hall–Kier alpha value is -1.65. The molecule has 0 unspecified atom stereocenters. The average molecular weight is 291 g/mol. The Morgan fingerprint density at radius 1 is 1.29 bits per heavy atom. The van der Waals surface area contributed by atoms with E-state index < -0.39 is 5.41 Å². The second-order valence-corrected chi connectivity index (χ2v) is 6.47. The molecule has 0 bridgehead atoms. The fourth-order valence-corrected chi connectivity index (χ4v) is 2.78. The number of imidazole rings is 1. The highest BCUT2D eigenvalue weighted by atomic mass is 16.2. The molecule has 0 radical (unpaired) electrons. The van der Waals surface area contributed by atoms with E-state index in [1.54, 1.807) is 6.20 Å². The molecule has 2 amide bonds. The summed E-state index contributed by atoms with van der Waals surface area (Å²) in [5, 5.41) is 0. The van der Waals surface area contributed by atoms with Gasteiger partial charge in [-0.2, -0.15) is 0 Å². The van der Waals surface area contributed by atoms with Crippen LogP contribution in [0.3, 0.4) is 0 Å². The molecule has 1 aromatic heterocycles. The standard InChI is InChI=1S/C16H25N3O2/c1-12(2)16(4)11-14(20)19(15(16)21)9-6-5-8-18-10-7-17-13(18)3/h7,10,12H,5-6,8-9,11H2,1-4H3/t16-/m1/s1. The molecule has 21 heavy (non-hydrogen) atoms. The summed E-state index contributed by atoms with van der Waals surface area (Å²) in [5.74, 6) is 1.17. The zero-order valence-electron chi connectivity index (χ0n) is 13.4. The van der Waals surface area contributed by atoms with Gasteiger partial charge in [0.15, 0.2) is 0 Å². The molecule has 2 rings (SSSR count). The predicted octanol–water partition coefficient (Wildman–Crippen LogP) is 2.39. The van der Waals surface area contributed by atoms with Gasteiger partial charge < -0.3 is 4.57 Å². The molecule has 1 aromatic rings. The van der Waals surface area contributed by atoms with E-state index in [9.17, 15) is 9.59 Å². The molecule has 5 heteroatoms. The van der Waals surface area contributed by atoms with Crippen molar-refractivity contribution in [3.05, 3.63) is 18.2 Å². The fraction of sp³-hybridized carbons (Fsp3) is 0.688. The van der Waals surface area contributed by atoms with Crippen LogP contribution in [0.2, 0.25) is 0 Å². The van der Waals surface area contributed by atoms with Crippen LogP contribution in [0, 0.1) is 18.3 Å². The van der Waals surface area contributed by atoms with Crippen molar-refractivity contribution in [2.45, 2.75) is 53.5 Å². The molecular formula is C16H25N3O2. The molecular weight excluding hydrogens is 266 g/mol. The van der Waals surface area contributed by atoms with Gasteiger partial charge in [-0.15, -0.1) is 0 Å². The Morgan fingerprint density at radius 3 is 2.48 bits per heavy atom. The van der Waals surface area contributed by atoms with Gasteiger partial charge in [0.2, 0.25) is 11.8 Å². The lowest BCUT2D eigenvalue weighted by Crippen LogP contribution is -2.37. The SMILES string of the molecule is Cc1nccn1CCCCN1C(=O)C[C@](C)(C(C)C)C1=O. The first-order chi connectivity index (χ1) is 9.86. The van der Waals surface area contributed by atoms with E-state index in [1.165, 1.54) is 4.90 Å². The summed E-state index contributed by atoms with van der Waals surface area (Å²) in [7, 11) is 0. The largest absolute Gasteiger partial charge is 0.335 e. The highest BCUT2D eigenvalue weighted by molar-refractivity contribution is 6.05. The topological polar surface area (TPSA) is 55.2 Å². The molecule has 0 saturated carbocycles. The number of nitrogens with zero attached hydrogens (tertiary/aromatic N) is 3. The zero-order chi connectivity index (χ0) is 15.6. The van der Waals surface area contributed by atoms with Crippen LogP contribution in [0.15, 0.2) is 12.4 Å². The fourth-order valence-electron chi connectivity index (χ4n) is 2.78. The highest BCUT2D eigenvalue weighted by Crippen LogP contribution is 2.39. The lowest BCUT2D eigenvalue weighted by Gasteiger charge is -2.26. The van der Waals surface area contributed by atoms with Crippen molar-refractivity contribution in [2.24, 2.45) is 11.3 Å². The van der Waals surface area contributed by atoms with Crippen molar-refractivity contribution in [3.63, 3.8) is 0 Å². The van der Waals surface area contributed by atoms with Gasteiger partial charge >= 0.3 is 0 Å². The third-order valence-corrected chi connectivity index (χ3v) is 4.78. The summed E-state index contributed by atoms with van der Waals surface area (Å²) < 4.78 is 2.09. The molecule has 1 aliphatic rings. The van der Waals surface area contributed by atoms with Gasteiger partial charge in [-0.1, -0.05) is 13.8 Å². The van der Waals surface area contributed by atoms with E-state index in [4.69, 9.17) is 0 Å². The van der Waals surface area contributed by atoms with E-state index in [1.807, 2.05) is 33.9 Å². The maximum Gasteiger partial charge on any atom is 0.235 e. The van der Waals surface area contributed by atoms with Crippen LogP contribution in [-0.2, 0) is 16.1 Å². The number of carbonyl (C=O) groups excluding carboxylic acids is 2. The van der Waals surface area contributed by atoms with Crippen LogP contribution in [-0.4, -0.2) is 32.8 Å². The summed E-state index contributed by atoms with van der Waals surface area (Å²) in [4.78, 5) is 30.2. The molecule has 1 fully saturated rings. The van der Waals surface area contributed by atoms with Crippen LogP contribution < -0.4 is 0 Å². The van der Waals surface area contributed by atoms with Crippen LogP contribution in [0.1, 0.15) is 45.9 Å². The van der Waals surface area contributed by atoms with Gasteiger partial charge in [0, 0.05) is 31.9 Å². The molecule has 0 N–H and O–H groups in total. The quantitative estimate of drug-likeness (QED) is 0.597. The second kappa shape index (κ2) is 6.00. The minimum atomic E-state index is -0.516. The third-order valence-electron chi connectivity index (χ3n) is 4.78. The number of imide groups is 1. The number of likely N-dealkylation sites (tertiary alicyclic amines) is 1. The number of aryl methyl sites for hydroxylation is 2. The van der Waals surface area contributed by atoms with Crippen molar-refractivity contribution < 1.29 is 9.59 Å². The first-order valence-electron chi connectivity index (χ1n) is 7.69. The van der Waals surface area contributed by atoms with E-state index in [0.717, 1.165) is 25.2 Å². The first-order valence-corrected chi connectivity index (χ1v) is 7.69. The first kappa shape index (κ1) is 15.7. The van der Waals surface area contributed by atoms with Gasteiger partial charge in [0.25, 0.3) is 0 Å². The molecule has 5 nitrogen and oxygen atoms in total. The monoisotopic (exact) mass is 291 g/mol. The minimum absolute atomic E-state index is 0.00121. The van der Waals surface area contributed by atoms with Gasteiger partial charge in [0.1, 0.15) is 5.82 Å². The smallest absolute Gasteiger partial charge is 0.235 e. The normalized spacial score (nSPS) is 22.6. The maximum absolute atomic E-state index is 12.4. The second-order valence-electron chi connectivity index (χ2n) is 6.47. The predicted molar refractivity (Wildman–Crippen MR) is 80.5 cm³/mol. The minimum Gasteiger partial charge on any atom is -0.335 e. The summed E-state index contributed by atoms with van der Waals surface area (Å²) in [6, 6.07) is 0. The van der Waals surface area contributed by atoms with E-state index >= 15 is 0 Å². The number of unbranched alkanes of at least 4 members (excludes halogenated alkanes) is 1. The van der Waals surface area contributed by atoms with Crippen molar-refractivity contribution in [3.8, 4) is 0 Å². The van der Waals surface area contributed by atoms with Crippen LogP contribution in [0.4, 0.5) is 0 Å². The van der Waals surface area contributed by atoms with Gasteiger partial charge in [-0.25, -0.2) is 4.98 Å². The molecule has 0 aromatic carbocycles. The lowest BCUT2D eigenvalue weighted by molar-refractivity contribution is -0.142. The van der Waals surface area contributed by atoms with E-state index in [-0.39, 0.29) is 17.7 Å². The van der Waals surface area contributed by atoms with Gasteiger partial charge in [-0.05, 0) is 32.6 Å². The number of carbonyl (C=O) groups is 2. The Kier molecular flexibility index (Phi) is 4.49. The summed E-state index contributed by atoms with van der Waals surface area (Å²) in [5.41, 5.74) is -0.516. The van der Waals surface area contributed by atoms with Crippen molar-refractivity contribution >= 4 is 11.8 Å². The van der Waals surface area contributed by atoms with Crippen LogP contribution >= 0.6 is 0 Å². The summed E-state index contributed by atoms with van der Waals surface area (Å²) in [6.45, 7) is 9.32. The van der Waals surface area contributed by atoms with E-state index in [0.29, 0.717) is 13.0 Å². The lowest BCUT2D eigenvalue weighted by atomic mass is 9.78. The Morgan fingerprint density at radius 2 is 1.95 bits per heavy atom. The molecule has 0 spiro atoms. The highest BCUT2D eigenvalue weighted by Gasteiger charge is 2.49. The Bertz CT molecular complexity index is 535. The third kappa shape index (κ3) is 3.01. The van der Waals surface area contributed by atoms with Gasteiger partial charge in [-0.3, -0.25) is 14.5 Å². The Balaban J connectivity index is 1.85. The van der Waals surface area contributed by atoms with E-state index in [2.05, 4.69) is 9.55 Å². The van der Waals surface area contributed by atoms with Gasteiger partial charge in [0.05, 0.1) is 5.41 Å². The van der Waals surface area contributed by atoms with Crippen LogP contribution in [0.5, 0.6) is 0 Å².